The van der Waals surface area contributed by atoms with Crippen molar-refractivity contribution in [3.63, 3.8) is 0 Å². The van der Waals surface area contributed by atoms with E-state index in [-0.39, 0.29) is 12.5 Å². The van der Waals surface area contributed by atoms with Crippen LogP contribution in [0.1, 0.15) is 17.2 Å². The number of hydrogen-bond donors (Lipinski definition) is 2. The predicted molar refractivity (Wildman–Crippen MR) is 99.2 cm³/mol. The molecule has 0 spiro atoms. The van der Waals surface area contributed by atoms with Crippen LogP contribution in [0.15, 0.2) is 54.6 Å². The number of hydrogen-bond acceptors (Lipinski definition) is 3. The number of carbonyl (C=O) groups is 1. The monoisotopic (exact) mass is 344 g/mol. The Morgan fingerprint density at radius 2 is 1.88 bits per heavy atom. The van der Waals surface area contributed by atoms with Crippen LogP contribution in [0.3, 0.4) is 0 Å². The van der Waals surface area contributed by atoms with Crippen molar-refractivity contribution >= 4 is 29.3 Å². The van der Waals surface area contributed by atoms with Crippen molar-refractivity contribution < 1.29 is 9.90 Å². The standard InChI is InChI=1S/C19H21ClN2O2/c1-22(2)16-10-7-15(8-11-16)18(23)13-21-19(24)12-9-14-5-3-4-6-17(14)20/h3-12,18,23H,13H2,1-2H3,(H,21,24)/b12-9+. The zero-order valence-corrected chi connectivity index (χ0v) is 14.5. The number of halogens is 1. The van der Waals surface area contributed by atoms with Crippen LogP contribution < -0.4 is 10.2 Å². The molecule has 1 atom stereocenters. The fourth-order valence-corrected chi connectivity index (χ4v) is 2.34. The van der Waals surface area contributed by atoms with E-state index in [9.17, 15) is 9.90 Å². The number of amides is 1. The molecule has 126 valence electrons. The third-order valence-electron chi connectivity index (χ3n) is 3.58. The van der Waals surface area contributed by atoms with Gasteiger partial charge in [-0.05, 0) is 35.4 Å². The summed E-state index contributed by atoms with van der Waals surface area (Å²) < 4.78 is 0. The second-order valence-corrected chi connectivity index (χ2v) is 6.01. The molecule has 1 unspecified atom stereocenters. The number of benzene rings is 2. The Kier molecular flexibility index (Phi) is 6.41. The molecule has 0 saturated carbocycles. The number of rotatable bonds is 6. The summed E-state index contributed by atoms with van der Waals surface area (Å²) >= 11 is 6.02. The lowest BCUT2D eigenvalue weighted by Crippen LogP contribution is -2.26. The molecule has 5 heteroatoms. The minimum Gasteiger partial charge on any atom is -0.387 e. The van der Waals surface area contributed by atoms with Crippen molar-refractivity contribution in [2.24, 2.45) is 0 Å². The largest absolute Gasteiger partial charge is 0.387 e. The van der Waals surface area contributed by atoms with Crippen LogP contribution >= 0.6 is 11.6 Å². The van der Waals surface area contributed by atoms with Crippen molar-refractivity contribution in [2.45, 2.75) is 6.10 Å². The Labute approximate surface area is 147 Å². The van der Waals surface area contributed by atoms with Gasteiger partial charge in [0.25, 0.3) is 0 Å². The third kappa shape index (κ3) is 5.11. The summed E-state index contributed by atoms with van der Waals surface area (Å²) in [5.74, 6) is -0.279. The fourth-order valence-electron chi connectivity index (χ4n) is 2.14. The maximum absolute atomic E-state index is 11.8. The highest BCUT2D eigenvalue weighted by Gasteiger charge is 2.08. The van der Waals surface area contributed by atoms with Crippen LogP contribution in [0.4, 0.5) is 5.69 Å². The van der Waals surface area contributed by atoms with Crippen molar-refractivity contribution in [1.29, 1.82) is 0 Å². The van der Waals surface area contributed by atoms with Crippen LogP contribution in [0, 0.1) is 0 Å². The first-order chi connectivity index (χ1) is 11.5. The van der Waals surface area contributed by atoms with E-state index in [1.807, 2.05) is 61.5 Å². The van der Waals surface area contributed by atoms with Crippen LogP contribution in [0.25, 0.3) is 6.08 Å². The molecule has 24 heavy (non-hydrogen) atoms. The number of nitrogens with one attached hydrogen (secondary N) is 1. The summed E-state index contributed by atoms with van der Waals surface area (Å²) in [5.41, 5.74) is 2.59. The van der Waals surface area contributed by atoms with Gasteiger partial charge in [-0.2, -0.15) is 0 Å². The van der Waals surface area contributed by atoms with Crippen molar-refractivity contribution in [1.82, 2.24) is 5.32 Å². The highest BCUT2D eigenvalue weighted by Crippen LogP contribution is 2.18. The quantitative estimate of drug-likeness (QED) is 0.791. The first-order valence-electron chi connectivity index (χ1n) is 7.63. The van der Waals surface area contributed by atoms with Gasteiger partial charge < -0.3 is 15.3 Å². The summed E-state index contributed by atoms with van der Waals surface area (Å²) in [4.78, 5) is 13.8. The summed E-state index contributed by atoms with van der Waals surface area (Å²) in [7, 11) is 3.91. The van der Waals surface area contributed by atoms with Gasteiger partial charge in [0.1, 0.15) is 0 Å². The molecule has 0 aliphatic rings. The molecule has 2 N–H and O–H groups in total. The number of carbonyl (C=O) groups excluding carboxylic acids is 1. The van der Waals surface area contributed by atoms with Gasteiger partial charge in [0, 0.05) is 37.4 Å². The number of aliphatic hydroxyl groups excluding tert-OH is 1. The highest BCUT2D eigenvalue weighted by molar-refractivity contribution is 6.32. The maximum atomic E-state index is 11.8. The smallest absolute Gasteiger partial charge is 0.244 e. The first kappa shape index (κ1) is 18.0. The van der Waals surface area contributed by atoms with Gasteiger partial charge in [0.05, 0.1) is 6.10 Å². The Morgan fingerprint density at radius 1 is 1.21 bits per heavy atom. The zero-order valence-electron chi connectivity index (χ0n) is 13.7. The molecule has 0 aliphatic heterocycles. The molecule has 0 aromatic heterocycles. The Balaban J connectivity index is 1.88. The lowest BCUT2D eigenvalue weighted by Gasteiger charge is -2.15. The van der Waals surface area contributed by atoms with Gasteiger partial charge >= 0.3 is 0 Å². The van der Waals surface area contributed by atoms with E-state index in [1.165, 1.54) is 6.08 Å². The summed E-state index contributed by atoms with van der Waals surface area (Å²) in [6.45, 7) is 0.146. The minimum atomic E-state index is -0.751. The van der Waals surface area contributed by atoms with Crippen LogP contribution in [0.5, 0.6) is 0 Å². The zero-order chi connectivity index (χ0) is 17.5. The second kappa shape index (κ2) is 8.52. The van der Waals surface area contributed by atoms with E-state index in [2.05, 4.69) is 5.32 Å². The Bertz CT molecular complexity index is 712. The Morgan fingerprint density at radius 3 is 2.50 bits per heavy atom. The normalized spacial score (nSPS) is 12.2. The lowest BCUT2D eigenvalue weighted by atomic mass is 10.1. The number of anilines is 1. The lowest BCUT2D eigenvalue weighted by molar-refractivity contribution is -0.116. The molecule has 0 bridgehead atoms. The van der Waals surface area contributed by atoms with Gasteiger partial charge in [0.2, 0.25) is 5.91 Å². The van der Waals surface area contributed by atoms with E-state index in [0.29, 0.717) is 5.02 Å². The molecule has 2 rings (SSSR count). The minimum absolute atomic E-state index is 0.146. The van der Waals surface area contributed by atoms with Gasteiger partial charge in [-0.25, -0.2) is 0 Å². The third-order valence-corrected chi connectivity index (χ3v) is 3.93. The van der Waals surface area contributed by atoms with Gasteiger partial charge in [-0.15, -0.1) is 0 Å². The van der Waals surface area contributed by atoms with E-state index in [0.717, 1.165) is 16.8 Å². The van der Waals surface area contributed by atoms with Crippen LogP contribution in [-0.4, -0.2) is 31.7 Å². The molecule has 0 heterocycles. The summed E-state index contributed by atoms with van der Waals surface area (Å²) in [6, 6.07) is 14.8. The molecule has 2 aromatic rings. The molecule has 2 aromatic carbocycles. The fraction of sp³-hybridized carbons (Fsp3) is 0.211. The molecular weight excluding hydrogens is 324 g/mol. The van der Waals surface area contributed by atoms with Crippen molar-refractivity contribution in [3.8, 4) is 0 Å². The average Bonchev–Trinajstić information content (AvgIpc) is 2.59. The molecule has 0 aliphatic carbocycles. The molecule has 0 saturated heterocycles. The summed E-state index contributed by atoms with van der Waals surface area (Å²) in [5, 5.41) is 13.4. The topological polar surface area (TPSA) is 52.6 Å². The van der Waals surface area contributed by atoms with E-state index < -0.39 is 6.10 Å². The second-order valence-electron chi connectivity index (χ2n) is 5.60. The van der Waals surface area contributed by atoms with Gasteiger partial charge in [-0.3, -0.25) is 4.79 Å². The van der Waals surface area contributed by atoms with E-state index >= 15 is 0 Å². The van der Waals surface area contributed by atoms with Gasteiger partial charge in [-0.1, -0.05) is 41.9 Å². The average molecular weight is 345 g/mol. The predicted octanol–water partition coefficient (Wildman–Crippen LogP) is 3.27. The molecule has 4 nitrogen and oxygen atoms in total. The molecule has 1 amide bonds. The van der Waals surface area contributed by atoms with Crippen molar-refractivity contribution in [3.05, 3.63) is 70.8 Å². The number of nitrogens with zero attached hydrogens (tertiary/aromatic N) is 1. The molecular formula is C19H21ClN2O2. The van der Waals surface area contributed by atoms with Gasteiger partial charge in [0.15, 0.2) is 0 Å². The highest BCUT2D eigenvalue weighted by atomic mass is 35.5. The van der Waals surface area contributed by atoms with E-state index in [4.69, 9.17) is 11.6 Å². The first-order valence-corrected chi connectivity index (χ1v) is 8.01. The summed E-state index contributed by atoms with van der Waals surface area (Å²) in [6.07, 6.45) is 2.30. The number of aliphatic hydroxyl groups is 1. The van der Waals surface area contributed by atoms with Crippen LogP contribution in [0.2, 0.25) is 5.02 Å². The SMILES string of the molecule is CN(C)c1ccc(C(O)CNC(=O)/C=C/c2ccccc2Cl)cc1. The maximum Gasteiger partial charge on any atom is 0.244 e. The Hall–Kier alpha value is -2.30. The molecule has 0 fully saturated rings. The van der Waals surface area contributed by atoms with E-state index in [1.54, 1.807) is 12.1 Å². The van der Waals surface area contributed by atoms with Crippen molar-refractivity contribution in [2.75, 3.05) is 25.5 Å². The van der Waals surface area contributed by atoms with Crippen LogP contribution in [-0.2, 0) is 4.79 Å². The molecule has 0 radical (unpaired) electrons.